The van der Waals surface area contributed by atoms with Crippen LogP contribution < -0.4 is 16.0 Å². The molecule has 1 aliphatic heterocycles. The number of fused-ring (bicyclic) bond motifs is 1. The molecule has 3 N–H and O–H groups in total. The summed E-state index contributed by atoms with van der Waals surface area (Å²) in [6.07, 6.45) is 3.65. The highest BCUT2D eigenvalue weighted by molar-refractivity contribution is 7.18. The number of carbonyl (C=O) groups is 2. The Morgan fingerprint density at radius 1 is 1.10 bits per heavy atom. The number of hydrogen-bond donors (Lipinski definition) is 2. The molecule has 0 aliphatic carbocycles. The molecule has 30 heavy (non-hydrogen) atoms. The van der Waals surface area contributed by atoms with Gasteiger partial charge in [-0.3, -0.25) is 9.59 Å². The van der Waals surface area contributed by atoms with Gasteiger partial charge < -0.3 is 16.0 Å². The molecule has 2 heterocycles. The third-order valence-corrected chi connectivity index (χ3v) is 6.64. The molecule has 1 aromatic heterocycles. The number of piperidine rings is 1. The second kappa shape index (κ2) is 9.26. The Balaban J connectivity index is 1.23. The zero-order valence-electron chi connectivity index (χ0n) is 16.8. The minimum Gasteiger partial charge on any atom is -0.371 e. The number of thiazole rings is 1. The molecule has 0 radical (unpaired) electrons. The van der Waals surface area contributed by atoms with Crippen LogP contribution in [-0.4, -0.2) is 29.9 Å². The number of benzene rings is 2. The maximum atomic E-state index is 12.3. The van der Waals surface area contributed by atoms with E-state index in [0.717, 1.165) is 60.7 Å². The fraction of sp³-hybridized carbons (Fsp3) is 0.348. The summed E-state index contributed by atoms with van der Waals surface area (Å²) in [5.74, 6) is -0.190. The monoisotopic (exact) mass is 422 g/mol. The highest BCUT2D eigenvalue weighted by Crippen LogP contribution is 2.25. The second-order valence-corrected chi connectivity index (χ2v) is 8.80. The van der Waals surface area contributed by atoms with Gasteiger partial charge in [0.2, 0.25) is 11.8 Å². The number of aromatic nitrogens is 1. The van der Waals surface area contributed by atoms with Crippen molar-refractivity contribution in [2.75, 3.05) is 23.3 Å². The van der Waals surface area contributed by atoms with Crippen LogP contribution in [0.15, 0.2) is 48.5 Å². The molecule has 7 heteroatoms. The van der Waals surface area contributed by atoms with Gasteiger partial charge in [0, 0.05) is 36.8 Å². The van der Waals surface area contributed by atoms with E-state index in [-0.39, 0.29) is 17.7 Å². The van der Waals surface area contributed by atoms with Gasteiger partial charge in [-0.05, 0) is 62.1 Å². The number of hydrogen-bond acceptors (Lipinski definition) is 5. The van der Waals surface area contributed by atoms with Gasteiger partial charge in [-0.25, -0.2) is 4.98 Å². The van der Waals surface area contributed by atoms with Crippen molar-refractivity contribution in [1.29, 1.82) is 0 Å². The van der Waals surface area contributed by atoms with Gasteiger partial charge in [-0.2, -0.15) is 0 Å². The van der Waals surface area contributed by atoms with Crippen molar-refractivity contribution < 1.29 is 9.59 Å². The van der Waals surface area contributed by atoms with Gasteiger partial charge >= 0.3 is 0 Å². The molecule has 156 valence electrons. The van der Waals surface area contributed by atoms with Crippen molar-refractivity contribution >= 4 is 44.7 Å². The first kappa shape index (κ1) is 20.3. The van der Waals surface area contributed by atoms with E-state index in [2.05, 4.69) is 21.3 Å². The van der Waals surface area contributed by atoms with E-state index in [9.17, 15) is 9.59 Å². The van der Waals surface area contributed by atoms with Crippen LogP contribution in [0.2, 0.25) is 0 Å². The first-order chi connectivity index (χ1) is 14.6. The molecule has 1 saturated heterocycles. The van der Waals surface area contributed by atoms with Crippen molar-refractivity contribution in [1.82, 2.24) is 4.98 Å². The van der Waals surface area contributed by atoms with Crippen LogP contribution in [0.4, 0.5) is 11.4 Å². The lowest BCUT2D eigenvalue weighted by Gasteiger charge is -2.32. The van der Waals surface area contributed by atoms with E-state index < -0.39 is 0 Å². The normalized spacial score (nSPS) is 14.7. The van der Waals surface area contributed by atoms with Crippen LogP contribution in [0.25, 0.3) is 10.2 Å². The van der Waals surface area contributed by atoms with Crippen molar-refractivity contribution in [3.8, 4) is 0 Å². The molecule has 2 aromatic carbocycles. The maximum Gasteiger partial charge on any atom is 0.224 e. The summed E-state index contributed by atoms with van der Waals surface area (Å²) in [4.78, 5) is 30.5. The molecule has 1 aliphatic rings. The number of nitrogens with zero attached hydrogens (tertiary/aromatic N) is 2. The number of rotatable bonds is 7. The van der Waals surface area contributed by atoms with Gasteiger partial charge in [0.15, 0.2) is 0 Å². The number of amides is 2. The number of aryl methyl sites for hydroxylation is 1. The summed E-state index contributed by atoms with van der Waals surface area (Å²) in [6, 6.07) is 16.0. The summed E-state index contributed by atoms with van der Waals surface area (Å²) in [5, 5.41) is 4.05. The molecule has 0 atom stereocenters. The summed E-state index contributed by atoms with van der Waals surface area (Å²) in [7, 11) is 0. The molecule has 0 unspecified atom stereocenters. The lowest BCUT2D eigenvalue weighted by molar-refractivity contribution is -0.122. The van der Waals surface area contributed by atoms with E-state index in [0.29, 0.717) is 6.42 Å². The molecule has 0 saturated carbocycles. The van der Waals surface area contributed by atoms with E-state index >= 15 is 0 Å². The highest BCUT2D eigenvalue weighted by atomic mass is 32.1. The number of carbonyl (C=O) groups excluding carboxylic acids is 2. The number of nitrogens with one attached hydrogen (secondary N) is 1. The predicted octanol–water partition coefficient (Wildman–Crippen LogP) is 3.96. The number of anilines is 2. The van der Waals surface area contributed by atoms with Crippen LogP contribution in [0, 0.1) is 5.92 Å². The Morgan fingerprint density at radius 3 is 2.53 bits per heavy atom. The number of primary amides is 1. The molecular formula is C23H26N4O2S. The lowest BCUT2D eigenvalue weighted by Crippen LogP contribution is -2.38. The molecule has 6 nitrogen and oxygen atoms in total. The summed E-state index contributed by atoms with van der Waals surface area (Å²) >= 11 is 1.70. The van der Waals surface area contributed by atoms with Gasteiger partial charge in [0.1, 0.15) is 0 Å². The van der Waals surface area contributed by atoms with Gasteiger partial charge in [0.05, 0.1) is 15.2 Å². The topological polar surface area (TPSA) is 88.3 Å². The molecule has 0 spiro atoms. The predicted molar refractivity (Wildman–Crippen MR) is 122 cm³/mol. The SMILES string of the molecule is NC(=O)C1CCN(c2ccc(NC(=O)CCCc3nc4ccccc4s3)cc2)CC1. The van der Waals surface area contributed by atoms with E-state index in [1.54, 1.807) is 11.3 Å². The fourth-order valence-electron chi connectivity index (χ4n) is 3.83. The highest BCUT2D eigenvalue weighted by Gasteiger charge is 2.23. The standard InChI is InChI=1S/C23H26N4O2S/c24-23(29)16-12-14-27(15-13-16)18-10-8-17(9-11-18)25-21(28)6-3-7-22-26-19-4-1-2-5-20(19)30-22/h1-2,4-5,8-11,16H,3,6-7,12-15H2,(H2,24,29)(H,25,28). The largest absolute Gasteiger partial charge is 0.371 e. The van der Waals surface area contributed by atoms with Crippen LogP contribution in [0.1, 0.15) is 30.7 Å². The second-order valence-electron chi connectivity index (χ2n) is 7.69. The van der Waals surface area contributed by atoms with Crippen LogP contribution in [0.5, 0.6) is 0 Å². The van der Waals surface area contributed by atoms with E-state index in [1.165, 1.54) is 4.70 Å². The first-order valence-electron chi connectivity index (χ1n) is 10.4. The zero-order chi connectivity index (χ0) is 20.9. The van der Waals surface area contributed by atoms with Crippen LogP contribution >= 0.6 is 11.3 Å². The molecule has 1 fully saturated rings. The van der Waals surface area contributed by atoms with E-state index in [4.69, 9.17) is 5.73 Å². The van der Waals surface area contributed by atoms with Gasteiger partial charge in [-0.1, -0.05) is 12.1 Å². The number of nitrogens with two attached hydrogens (primary N) is 1. The van der Waals surface area contributed by atoms with E-state index in [1.807, 2.05) is 42.5 Å². The molecule has 3 aromatic rings. The number of para-hydroxylation sites is 1. The third-order valence-electron chi connectivity index (χ3n) is 5.55. The Hall–Kier alpha value is -2.93. The third kappa shape index (κ3) is 4.97. The Morgan fingerprint density at radius 2 is 1.83 bits per heavy atom. The smallest absolute Gasteiger partial charge is 0.224 e. The van der Waals surface area contributed by atoms with Crippen molar-refractivity contribution in [2.45, 2.75) is 32.1 Å². The Labute approximate surface area is 180 Å². The van der Waals surface area contributed by atoms with Gasteiger partial charge in [-0.15, -0.1) is 11.3 Å². The average molecular weight is 423 g/mol. The molecular weight excluding hydrogens is 396 g/mol. The zero-order valence-corrected chi connectivity index (χ0v) is 17.7. The summed E-state index contributed by atoms with van der Waals surface area (Å²) < 4.78 is 1.19. The van der Waals surface area contributed by atoms with Crippen LogP contribution in [0.3, 0.4) is 0 Å². The van der Waals surface area contributed by atoms with Crippen molar-refractivity contribution in [3.05, 3.63) is 53.5 Å². The molecule has 2 amide bonds. The molecule has 0 bridgehead atoms. The maximum absolute atomic E-state index is 12.3. The Bertz CT molecular complexity index is 990. The van der Waals surface area contributed by atoms with Gasteiger partial charge in [0.25, 0.3) is 0 Å². The minimum absolute atomic E-state index is 0.0115. The molecule has 4 rings (SSSR count). The summed E-state index contributed by atoms with van der Waals surface area (Å²) in [6.45, 7) is 1.65. The lowest BCUT2D eigenvalue weighted by atomic mass is 9.96. The quantitative estimate of drug-likeness (QED) is 0.603. The fourth-order valence-corrected chi connectivity index (χ4v) is 4.84. The average Bonchev–Trinajstić information content (AvgIpc) is 3.17. The van der Waals surface area contributed by atoms with Crippen molar-refractivity contribution in [2.24, 2.45) is 11.7 Å². The first-order valence-corrected chi connectivity index (χ1v) is 11.2. The van der Waals surface area contributed by atoms with Crippen LogP contribution in [-0.2, 0) is 16.0 Å². The van der Waals surface area contributed by atoms with Crippen molar-refractivity contribution in [3.63, 3.8) is 0 Å². The summed E-state index contributed by atoms with van der Waals surface area (Å²) in [5.41, 5.74) is 8.34. The Kier molecular flexibility index (Phi) is 6.28. The minimum atomic E-state index is -0.198.